The number of amides is 2. The Hall–Kier alpha value is -1.26. The molecule has 76 valence electrons. The molecule has 0 spiro atoms. The molecule has 5 heteroatoms. The molecule has 0 aliphatic rings. The molecule has 0 aromatic rings. The molecule has 0 radical (unpaired) electrons. The fourth-order valence-electron chi connectivity index (χ4n) is 0.909. The highest BCUT2D eigenvalue weighted by atomic mass is 16.4. The van der Waals surface area contributed by atoms with E-state index >= 15 is 0 Å². The van der Waals surface area contributed by atoms with Gasteiger partial charge in [0.2, 0.25) is 5.91 Å². The highest BCUT2D eigenvalue weighted by molar-refractivity contribution is 5.84. The topological polar surface area (TPSA) is 69.6 Å². The van der Waals surface area contributed by atoms with E-state index in [1.54, 1.807) is 14.0 Å². The summed E-state index contributed by atoms with van der Waals surface area (Å²) in [5.74, 6) is -0.188. The van der Waals surface area contributed by atoms with Gasteiger partial charge in [0.1, 0.15) is 6.04 Å². The molecule has 5 nitrogen and oxygen atoms in total. The van der Waals surface area contributed by atoms with Crippen molar-refractivity contribution < 1.29 is 14.7 Å². The van der Waals surface area contributed by atoms with Crippen LogP contribution in [0.15, 0.2) is 0 Å². The zero-order valence-electron chi connectivity index (χ0n) is 8.20. The predicted octanol–water partition coefficient (Wildman–Crippen LogP) is 0.511. The molecule has 0 saturated carbocycles. The number of carbonyl (C=O) groups excluding carboxylic acids is 1. The minimum Gasteiger partial charge on any atom is -0.465 e. The van der Waals surface area contributed by atoms with Gasteiger partial charge in [0.15, 0.2) is 0 Å². The van der Waals surface area contributed by atoms with E-state index in [1.165, 1.54) is 4.90 Å². The van der Waals surface area contributed by atoms with Gasteiger partial charge in [-0.3, -0.25) is 4.79 Å². The van der Waals surface area contributed by atoms with Crippen molar-refractivity contribution in [1.82, 2.24) is 10.2 Å². The summed E-state index contributed by atoms with van der Waals surface area (Å²) < 4.78 is 0. The van der Waals surface area contributed by atoms with E-state index in [9.17, 15) is 9.59 Å². The first-order valence-corrected chi connectivity index (χ1v) is 4.27. The second kappa shape index (κ2) is 5.40. The summed E-state index contributed by atoms with van der Waals surface area (Å²) in [4.78, 5) is 23.2. The molecule has 0 rings (SSSR count). The van der Waals surface area contributed by atoms with Crippen molar-refractivity contribution in [2.75, 3.05) is 13.6 Å². The van der Waals surface area contributed by atoms with Crippen molar-refractivity contribution in [3.8, 4) is 0 Å². The number of likely N-dealkylation sites (N-methyl/N-ethyl adjacent to an activating group) is 1. The van der Waals surface area contributed by atoms with Crippen molar-refractivity contribution in [2.24, 2.45) is 0 Å². The van der Waals surface area contributed by atoms with Gasteiger partial charge >= 0.3 is 6.09 Å². The van der Waals surface area contributed by atoms with Gasteiger partial charge in [0.05, 0.1) is 0 Å². The van der Waals surface area contributed by atoms with Crippen molar-refractivity contribution in [3.63, 3.8) is 0 Å². The molecule has 0 bridgehead atoms. The number of nitrogens with zero attached hydrogens (tertiary/aromatic N) is 1. The molecule has 0 fully saturated rings. The van der Waals surface area contributed by atoms with Gasteiger partial charge in [-0.2, -0.15) is 0 Å². The van der Waals surface area contributed by atoms with Crippen LogP contribution in [0.1, 0.15) is 20.3 Å². The van der Waals surface area contributed by atoms with Gasteiger partial charge in [-0.15, -0.1) is 0 Å². The first kappa shape index (κ1) is 11.7. The summed E-state index contributed by atoms with van der Waals surface area (Å²) >= 11 is 0. The van der Waals surface area contributed by atoms with Gasteiger partial charge in [0.25, 0.3) is 0 Å². The Labute approximate surface area is 77.7 Å². The molecule has 0 saturated heterocycles. The number of nitrogens with one attached hydrogen (secondary N) is 1. The normalized spacial score (nSPS) is 11.9. The van der Waals surface area contributed by atoms with Gasteiger partial charge in [-0.1, -0.05) is 6.92 Å². The Morgan fingerprint density at radius 3 is 2.31 bits per heavy atom. The quantitative estimate of drug-likeness (QED) is 0.675. The molecule has 1 atom stereocenters. The highest BCUT2D eigenvalue weighted by Gasteiger charge is 2.20. The average Bonchev–Trinajstić information content (AvgIpc) is 2.11. The van der Waals surface area contributed by atoms with E-state index in [0.717, 1.165) is 0 Å². The molecule has 13 heavy (non-hydrogen) atoms. The molecule has 0 unspecified atom stereocenters. The SMILES string of the molecule is CC[C@H](NC(=O)O)C(=O)N(C)CC. The van der Waals surface area contributed by atoms with Crippen molar-refractivity contribution in [3.05, 3.63) is 0 Å². The standard InChI is InChI=1S/C8H16N2O3/c1-4-6(9-8(12)13)7(11)10(3)5-2/h6,9H,4-5H2,1-3H3,(H,12,13)/t6-/m0/s1. The van der Waals surface area contributed by atoms with E-state index < -0.39 is 12.1 Å². The number of rotatable bonds is 4. The smallest absolute Gasteiger partial charge is 0.405 e. The molecule has 0 aromatic heterocycles. The van der Waals surface area contributed by atoms with Crippen LogP contribution in [-0.2, 0) is 4.79 Å². The Balaban J connectivity index is 4.22. The van der Waals surface area contributed by atoms with E-state index in [2.05, 4.69) is 5.32 Å². The summed E-state index contributed by atoms with van der Waals surface area (Å²) in [6, 6.07) is -0.623. The Kier molecular flexibility index (Phi) is 4.87. The largest absolute Gasteiger partial charge is 0.465 e. The maximum Gasteiger partial charge on any atom is 0.405 e. The third-order valence-electron chi connectivity index (χ3n) is 1.85. The third kappa shape index (κ3) is 3.78. The number of hydrogen-bond acceptors (Lipinski definition) is 2. The monoisotopic (exact) mass is 188 g/mol. The minimum atomic E-state index is -1.16. The number of hydrogen-bond donors (Lipinski definition) is 2. The Morgan fingerprint density at radius 2 is 2.00 bits per heavy atom. The van der Waals surface area contributed by atoms with Crippen LogP contribution < -0.4 is 5.32 Å². The van der Waals surface area contributed by atoms with E-state index in [-0.39, 0.29) is 5.91 Å². The van der Waals surface area contributed by atoms with Crippen LogP contribution in [0.5, 0.6) is 0 Å². The number of carbonyl (C=O) groups is 2. The maximum atomic E-state index is 11.4. The second-order valence-electron chi connectivity index (χ2n) is 2.76. The van der Waals surface area contributed by atoms with Gasteiger partial charge in [0, 0.05) is 13.6 Å². The lowest BCUT2D eigenvalue weighted by molar-refractivity contribution is -0.131. The van der Waals surface area contributed by atoms with E-state index in [1.807, 2.05) is 6.92 Å². The molecule has 0 aromatic carbocycles. The van der Waals surface area contributed by atoms with Crippen LogP contribution in [0, 0.1) is 0 Å². The fraction of sp³-hybridized carbons (Fsp3) is 0.750. The first-order chi connectivity index (χ1) is 6.02. The summed E-state index contributed by atoms with van der Waals surface area (Å²) in [6.07, 6.45) is -0.695. The number of carboxylic acid groups (broad SMARTS) is 1. The van der Waals surface area contributed by atoms with E-state index in [4.69, 9.17) is 5.11 Å². The van der Waals surface area contributed by atoms with Crippen molar-refractivity contribution in [1.29, 1.82) is 0 Å². The second-order valence-corrected chi connectivity index (χ2v) is 2.76. The lowest BCUT2D eigenvalue weighted by Gasteiger charge is -2.21. The minimum absolute atomic E-state index is 0.188. The summed E-state index contributed by atoms with van der Waals surface area (Å²) in [5, 5.41) is 10.6. The van der Waals surface area contributed by atoms with Crippen molar-refractivity contribution >= 4 is 12.0 Å². The molecule has 2 N–H and O–H groups in total. The van der Waals surface area contributed by atoms with Crippen LogP contribution in [0.25, 0.3) is 0 Å². The molecule has 0 heterocycles. The summed E-state index contributed by atoms with van der Waals surface area (Å²) in [7, 11) is 1.65. The first-order valence-electron chi connectivity index (χ1n) is 4.27. The Morgan fingerprint density at radius 1 is 1.46 bits per heavy atom. The van der Waals surface area contributed by atoms with Gasteiger partial charge in [-0.25, -0.2) is 4.79 Å². The van der Waals surface area contributed by atoms with Crippen LogP contribution in [0.4, 0.5) is 4.79 Å². The molecular weight excluding hydrogens is 172 g/mol. The lowest BCUT2D eigenvalue weighted by atomic mass is 10.2. The van der Waals surface area contributed by atoms with Crippen LogP contribution in [0.3, 0.4) is 0 Å². The molecule has 0 aliphatic carbocycles. The van der Waals surface area contributed by atoms with Crippen LogP contribution in [-0.4, -0.2) is 41.6 Å². The summed E-state index contributed by atoms with van der Waals surface area (Å²) in [6.45, 7) is 4.18. The molecule has 0 aliphatic heterocycles. The fourth-order valence-corrected chi connectivity index (χ4v) is 0.909. The molecular formula is C8H16N2O3. The Bertz CT molecular complexity index is 194. The molecule has 2 amide bonds. The van der Waals surface area contributed by atoms with Gasteiger partial charge in [-0.05, 0) is 13.3 Å². The van der Waals surface area contributed by atoms with Crippen LogP contribution in [0.2, 0.25) is 0 Å². The lowest BCUT2D eigenvalue weighted by Crippen LogP contribution is -2.46. The maximum absolute atomic E-state index is 11.4. The zero-order valence-corrected chi connectivity index (χ0v) is 8.20. The van der Waals surface area contributed by atoms with Crippen molar-refractivity contribution in [2.45, 2.75) is 26.3 Å². The summed E-state index contributed by atoms with van der Waals surface area (Å²) in [5.41, 5.74) is 0. The average molecular weight is 188 g/mol. The predicted molar refractivity (Wildman–Crippen MR) is 48.6 cm³/mol. The third-order valence-corrected chi connectivity index (χ3v) is 1.85. The van der Waals surface area contributed by atoms with Gasteiger partial charge < -0.3 is 15.3 Å². The van der Waals surface area contributed by atoms with E-state index in [0.29, 0.717) is 13.0 Å². The zero-order chi connectivity index (χ0) is 10.4. The highest BCUT2D eigenvalue weighted by Crippen LogP contribution is 1.96. The van der Waals surface area contributed by atoms with Crippen LogP contribution >= 0.6 is 0 Å².